The molecule has 0 amide bonds. The topological polar surface area (TPSA) is 9.72 Å². The SMILES string of the molecule is CC(C)(C)c1ccc(N(C2=CC3C4B(c5cc(C(C)(C)C)ccc5N3c3ccc(C(C)(C)C)cc3)c3cccc5c3N(C4=C2)C2(C)CCCCC52C)c2ccc(C(C)(C)C)cc2)cc1. The zero-order chi connectivity index (χ0) is 45.5. The smallest absolute Gasteiger partial charge is 0.226 e. The summed E-state index contributed by atoms with van der Waals surface area (Å²) in [7, 11) is 0. The van der Waals surface area contributed by atoms with Crippen LogP contribution in [-0.4, -0.2) is 18.3 Å². The summed E-state index contributed by atoms with van der Waals surface area (Å²) in [5.41, 5.74) is 19.3. The van der Waals surface area contributed by atoms with Crippen molar-refractivity contribution in [2.24, 2.45) is 0 Å². The lowest BCUT2D eigenvalue weighted by Gasteiger charge is -2.57. The van der Waals surface area contributed by atoms with Crippen LogP contribution in [-0.2, 0) is 27.1 Å². The number of para-hydroxylation sites is 1. The van der Waals surface area contributed by atoms with Gasteiger partial charge in [-0.3, -0.25) is 0 Å². The molecule has 2 aliphatic carbocycles. The van der Waals surface area contributed by atoms with Crippen molar-refractivity contribution in [2.45, 2.75) is 167 Å². The van der Waals surface area contributed by atoms with Gasteiger partial charge >= 0.3 is 0 Å². The molecule has 4 unspecified atom stereocenters. The molecule has 0 spiro atoms. The molecule has 3 nitrogen and oxygen atoms in total. The third kappa shape index (κ3) is 6.50. The van der Waals surface area contributed by atoms with Crippen molar-refractivity contribution in [3.05, 3.63) is 161 Å². The summed E-state index contributed by atoms with van der Waals surface area (Å²) in [6.45, 7) is 33.4. The first kappa shape index (κ1) is 43.0. The molecule has 1 saturated carbocycles. The highest BCUT2D eigenvalue weighted by Crippen LogP contribution is 2.63. The Balaban J connectivity index is 1.28. The molecule has 10 rings (SSSR count). The standard InChI is InChI=1S/C60H72BN3/c1-55(2,3)39-20-27-43(28-21-39)62(44-29-22-40(23-30-44)56(4,5)6)46-37-51-53-52(38-46)64-54-47(59(13)34-15-16-35-60(59,64)14)18-17-19-48(54)61(53)49-36-42(58(10,11)12)26-33-50(49)63(51)45-31-24-41(25-32-45)57(7,8)9/h17-33,36-38,51,53H,15-16,34-35H2,1-14H3. The second kappa shape index (κ2) is 14.3. The largest absolute Gasteiger partial charge is 0.339 e. The Bertz CT molecular complexity index is 2640. The second-order valence-corrected chi connectivity index (χ2v) is 24.7. The van der Waals surface area contributed by atoms with E-state index in [0.29, 0.717) is 0 Å². The van der Waals surface area contributed by atoms with Crippen LogP contribution in [0.1, 0.15) is 150 Å². The number of hydrogen-bond donors (Lipinski definition) is 0. The van der Waals surface area contributed by atoms with Crippen molar-refractivity contribution in [3.8, 4) is 0 Å². The lowest BCUT2D eigenvalue weighted by molar-refractivity contribution is 0.189. The first-order valence-electron chi connectivity index (χ1n) is 24.4. The molecule has 0 bridgehead atoms. The first-order valence-corrected chi connectivity index (χ1v) is 24.4. The molecule has 0 N–H and O–H groups in total. The van der Waals surface area contributed by atoms with Gasteiger partial charge in [0.05, 0.1) is 11.6 Å². The van der Waals surface area contributed by atoms with E-state index in [1.807, 2.05) is 0 Å². The van der Waals surface area contributed by atoms with Crippen LogP contribution in [0.3, 0.4) is 0 Å². The molecule has 4 atom stereocenters. The van der Waals surface area contributed by atoms with Gasteiger partial charge in [0, 0.05) is 51.1 Å². The minimum Gasteiger partial charge on any atom is -0.339 e. The number of rotatable bonds is 4. The molecule has 4 heteroatoms. The third-order valence-electron chi connectivity index (χ3n) is 16.5. The Labute approximate surface area is 386 Å². The molecule has 330 valence electrons. The van der Waals surface area contributed by atoms with Gasteiger partial charge < -0.3 is 14.7 Å². The fourth-order valence-corrected chi connectivity index (χ4v) is 12.5. The van der Waals surface area contributed by atoms with E-state index in [1.54, 1.807) is 5.56 Å². The van der Waals surface area contributed by atoms with Gasteiger partial charge in [0.15, 0.2) is 0 Å². The van der Waals surface area contributed by atoms with E-state index in [1.165, 1.54) is 98.7 Å². The minimum atomic E-state index is -0.0479. The van der Waals surface area contributed by atoms with E-state index in [2.05, 4.69) is 233 Å². The number of benzene rings is 5. The van der Waals surface area contributed by atoms with Crippen molar-refractivity contribution in [1.29, 1.82) is 0 Å². The van der Waals surface area contributed by atoms with Gasteiger partial charge in [0.25, 0.3) is 0 Å². The van der Waals surface area contributed by atoms with Gasteiger partial charge in [-0.1, -0.05) is 170 Å². The molecule has 5 aromatic carbocycles. The van der Waals surface area contributed by atoms with Gasteiger partial charge in [-0.15, -0.1) is 0 Å². The third-order valence-corrected chi connectivity index (χ3v) is 16.5. The first-order chi connectivity index (χ1) is 30.0. The molecule has 0 radical (unpaired) electrons. The molecule has 5 aliphatic rings. The van der Waals surface area contributed by atoms with Gasteiger partial charge in [-0.05, 0) is 135 Å². The maximum Gasteiger partial charge on any atom is 0.226 e. The van der Waals surface area contributed by atoms with E-state index < -0.39 is 0 Å². The Morgan fingerprint density at radius 3 is 1.64 bits per heavy atom. The monoisotopic (exact) mass is 846 g/mol. The maximum absolute atomic E-state index is 2.93. The molecular weight excluding hydrogens is 773 g/mol. The number of hydrogen-bond acceptors (Lipinski definition) is 3. The number of allylic oxidation sites excluding steroid dienone is 1. The van der Waals surface area contributed by atoms with E-state index in [9.17, 15) is 0 Å². The molecule has 5 aromatic rings. The van der Waals surface area contributed by atoms with E-state index >= 15 is 0 Å². The van der Waals surface area contributed by atoms with Crippen LogP contribution >= 0.6 is 0 Å². The van der Waals surface area contributed by atoms with E-state index in [4.69, 9.17) is 0 Å². The lowest BCUT2D eigenvalue weighted by atomic mass is 9.28. The predicted molar refractivity (Wildman–Crippen MR) is 277 cm³/mol. The normalized spacial score (nSPS) is 23.8. The van der Waals surface area contributed by atoms with Crippen molar-refractivity contribution < 1.29 is 0 Å². The van der Waals surface area contributed by atoms with Gasteiger partial charge in [-0.25, -0.2) is 0 Å². The number of fused-ring (bicyclic) bond motifs is 7. The highest BCUT2D eigenvalue weighted by molar-refractivity contribution is 6.90. The fourth-order valence-electron chi connectivity index (χ4n) is 12.5. The van der Waals surface area contributed by atoms with Gasteiger partial charge in [0.2, 0.25) is 6.71 Å². The van der Waals surface area contributed by atoms with Crippen molar-refractivity contribution in [1.82, 2.24) is 0 Å². The van der Waals surface area contributed by atoms with Crippen molar-refractivity contribution >= 4 is 46.1 Å². The van der Waals surface area contributed by atoms with Gasteiger partial charge in [-0.2, -0.15) is 0 Å². The van der Waals surface area contributed by atoms with Crippen molar-refractivity contribution in [3.63, 3.8) is 0 Å². The van der Waals surface area contributed by atoms with Crippen LogP contribution in [0.5, 0.6) is 0 Å². The summed E-state index contributed by atoms with van der Waals surface area (Å²) < 4.78 is 0. The molecule has 3 heterocycles. The van der Waals surface area contributed by atoms with Gasteiger partial charge in [0.1, 0.15) is 0 Å². The predicted octanol–water partition coefficient (Wildman–Crippen LogP) is 14.4. The van der Waals surface area contributed by atoms with Crippen LogP contribution in [0.4, 0.5) is 28.4 Å². The van der Waals surface area contributed by atoms with Crippen LogP contribution < -0.4 is 25.6 Å². The number of nitrogens with zero attached hydrogens (tertiary/aromatic N) is 3. The second-order valence-electron chi connectivity index (χ2n) is 24.7. The molecule has 64 heavy (non-hydrogen) atoms. The van der Waals surface area contributed by atoms with Crippen molar-refractivity contribution in [2.75, 3.05) is 14.7 Å². The van der Waals surface area contributed by atoms with Crippen LogP contribution in [0.25, 0.3) is 0 Å². The highest BCUT2D eigenvalue weighted by Gasteiger charge is 2.64. The lowest BCUT2D eigenvalue weighted by Crippen LogP contribution is -2.67. The molecule has 0 saturated heterocycles. The molecular formula is C60H72BN3. The Morgan fingerprint density at radius 1 is 0.578 bits per heavy atom. The van der Waals surface area contributed by atoms with E-state index in [-0.39, 0.29) is 51.2 Å². The summed E-state index contributed by atoms with van der Waals surface area (Å²) in [5.74, 6) is 0.200. The summed E-state index contributed by atoms with van der Waals surface area (Å²) in [6.07, 6.45) is 10.2. The Kier molecular flexibility index (Phi) is 9.58. The van der Waals surface area contributed by atoms with Crippen LogP contribution in [0.2, 0.25) is 5.82 Å². The quantitative estimate of drug-likeness (QED) is 0.167. The van der Waals surface area contributed by atoms with E-state index in [0.717, 1.165) is 0 Å². The Hall–Kier alpha value is -4.96. The maximum atomic E-state index is 2.93. The average Bonchev–Trinajstić information content (AvgIpc) is 3.45. The molecule has 0 aromatic heterocycles. The zero-order valence-corrected chi connectivity index (χ0v) is 41.4. The van der Waals surface area contributed by atoms with Crippen LogP contribution in [0.15, 0.2) is 133 Å². The minimum absolute atomic E-state index is 0.0180. The Morgan fingerprint density at radius 2 is 1.09 bits per heavy atom. The summed E-state index contributed by atoms with van der Waals surface area (Å²) in [5, 5.41) is 0. The number of anilines is 5. The summed E-state index contributed by atoms with van der Waals surface area (Å²) >= 11 is 0. The zero-order valence-electron chi connectivity index (χ0n) is 41.4. The molecule has 1 fully saturated rings. The molecule has 3 aliphatic heterocycles. The fraction of sp³-hybridized carbons (Fsp3) is 0.433. The highest BCUT2D eigenvalue weighted by atomic mass is 15.3. The summed E-state index contributed by atoms with van der Waals surface area (Å²) in [4.78, 5) is 8.23. The summed E-state index contributed by atoms with van der Waals surface area (Å²) in [6, 6.07) is 43.4. The van der Waals surface area contributed by atoms with Crippen LogP contribution in [0, 0.1) is 0 Å². The average molecular weight is 846 g/mol.